The van der Waals surface area contributed by atoms with E-state index < -0.39 is 0 Å². The molecule has 1 atom stereocenters. The number of rotatable bonds is 2. The summed E-state index contributed by atoms with van der Waals surface area (Å²) in [5.74, 6) is 0.723. The van der Waals surface area contributed by atoms with Crippen molar-refractivity contribution >= 4 is 23.2 Å². The van der Waals surface area contributed by atoms with Crippen molar-refractivity contribution in [1.29, 1.82) is 0 Å². The highest BCUT2D eigenvalue weighted by Crippen LogP contribution is 2.46. The molecular weight excluding hydrogens is 257 g/mol. The Balaban J connectivity index is 2.52. The van der Waals surface area contributed by atoms with Crippen molar-refractivity contribution in [3.8, 4) is 5.75 Å². The molecule has 0 spiro atoms. The van der Waals surface area contributed by atoms with Crippen LogP contribution in [0, 0.1) is 0 Å². The maximum absolute atomic E-state index is 6.26. The standard InChI is InChI=1S/C13H17Cl2NO/c1-4-16-10-7-13(2,3)17-12-9(15)6-5-8(14)11(10)12/h5-6,10,16H,4,7H2,1-3H3. The SMILES string of the molecule is CCNC1CC(C)(C)Oc2c(Cl)ccc(Cl)c21. The van der Waals surface area contributed by atoms with Gasteiger partial charge in [0.25, 0.3) is 0 Å². The van der Waals surface area contributed by atoms with E-state index in [4.69, 9.17) is 27.9 Å². The third kappa shape index (κ3) is 2.54. The molecule has 0 amide bonds. The van der Waals surface area contributed by atoms with Gasteiger partial charge < -0.3 is 10.1 Å². The Morgan fingerprint density at radius 1 is 1.35 bits per heavy atom. The van der Waals surface area contributed by atoms with Gasteiger partial charge in [0.05, 0.1) is 5.02 Å². The molecule has 1 unspecified atom stereocenters. The van der Waals surface area contributed by atoms with E-state index in [9.17, 15) is 0 Å². The molecule has 1 aliphatic rings. The Morgan fingerprint density at radius 2 is 2.00 bits per heavy atom. The van der Waals surface area contributed by atoms with Gasteiger partial charge in [0.15, 0.2) is 0 Å². The second-order valence-corrected chi connectivity index (χ2v) is 5.76. The third-order valence-corrected chi connectivity index (χ3v) is 3.60. The lowest BCUT2D eigenvalue weighted by molar-refractivity contribution is 0.0666. The Kier molecular flexibility index (Phi) is 3.58. The predicted octanol–water partition coefficient (Wildman–Crippen LogP) is 4.21. The summed E-state index contributed by atoms with van der Waals surface area (Å²) in [7, 11) is 0. The monoisotopic (exact) mass is 273 g/mol. The summed E-state index contributed by atoms with van der Waals surface area (Å²) in [6, 6.07) is 3.81. The van der Waals surface area contributed by atoms with Gasteiger partial charge in [-0.2, -0.15) is 0 Å². The van der Waals surface area contributed by atoms with Crippen molar-refractivity contribution in [2.24, 2.45) is 0 Å². The fraction of sp³-hybridized carbons (Fsp3) is 0.538. The lowest BCUT2D eigenvalue weighted by Gasteiger charge is -2.38. The van der Waals surface area contributed by atoms with Crippen molar-refractivity contribution in [2.45, 2.75) is 38.8 Å². The zero-order valence-corrected chi connectivity index (χ0v) is 11.8. The molecule has 0 aliphatic carbocycles. The summed E-state index contributed by atoms with van der Waals surface area (Å²) in [5.41, 5.74) is 0.758. The maximum atomic E-state index is 6.26. The molecule has 0 fully saturated rings. The summed E-state index contributed by atoms with van der Waals surface area (Å²) < 4.78 is 5.95. The second kappa shape index (κ2) is 4.68. The highest BCUT2D eigenvalue weighted by molar-refractivity contribution is 6.35. The number of hydrogen-bond acceptors (Lipinski definition) is 2. The van der Waals surface area contributed by atoms with Crippen LogP contribution in [0.2, 0.25) is 10.0 Å². The number of ether oxygens (including phenoxy) is 1. The highest BCUT2D eigenvalue weighted by atomic mass is 35.5. The van der Waals surface area contributed by atoms with Gasteiger partial charge in [-0.05, 0) is 32.5 Å². The molecular formula is C13H17Cl2NO. The first-order valence-corrected chi connectivity index (χ1v) is 6.60. The van der Waals surface area contributed by atoms with Crippen LogP contribution >= 0.6 is 23.2 Å². The van der Waals surface area contributed by atoms with E-state index in [0.717, 1.165) is 24.3 Å². The quantitative estimate of drug-likeness (QED) is 0.872. The van der Waals surface area contributed by atoms with Crippen molar-refractivity contribution in [1.82, 2.24) is 5.32 Å². The van der Waals surface area contributed by atoms with Crippen LogP contribution in [0.15, 0.2) is 12.1 Å². The first-order valence-electron chi connectivity index (χ1n) is 5.85. The molecule has 1 aliphatic heterocycles. The topological polar surface area (TPSA) is 21.3 Å². The minimum atomic E-state index is -0.228. The summed E-state index contributed by atoms with van der Waals surface area (Å²) in [6.07, 6.45) is 0.883. The van der Waals surface area contributed by atoms with Gasteiger partial charge in [0.2, 0.25) is 0 Å². The predicted molar refractivity (Wildman–Crippen MR) is 72.2 cm³/mol. The third-order valence-electron chi connectivity index (χ3n) is 2.97. The van der Waals surface area contributed by atoms with E-state index in [1.165, 1.54) is 0 Å². The van der Waals surface area contributed by atoms with Crippen LogP contribution < -0.4 is 10.1 Å². The van der Waals surface area contributed by atoms with Crippen LogP contribution in [-0.4, -0.2) is 12.1 Å². The molecule has 0 radical (unpaired) electrons. The molecule has 2 nitrogen and oxygen atoms in total. The molecule has 2 rings (SSSR count). The molecule has 1 heterocycles. The number of nitrogens with one attached hydrogen (secondary N) is 1. The molecule has 0 bridgehead atoms. The normalized spacial score (nSPS) is 21.8. The average Bonchev–Trinajstić information content (AvgIpc) is 2.22. The Morgan fingerprint density at radius 3 is 2.65 bits per heavy atom. The van der Waals surface area contributed by atoms with E-state index in [1.807, 2.05) is 6.07 Å². The molecule has 1 aromatic rings. The van der Waals surface area contributed by atoms with Crippen LogP contribution in [-0.2, 0) is 0 Å². The number of hydrogen-bond donors (Lipinski definition) is 1. The van der Waals surface area contributed by atoms with E-state index >= 15 is 0 Å². The number of halogens is 2. The Bertz CT molecular complexity index is 432. The van der Waals surface area contributed by atoms with Crippen molar-refractivity contribution in [3.05, 3.63) is 27.7 Å². The molecule has 0 saturated heterocycles. The van der Waals surface area contributed by atoms with Crippen molar-refractivity contribution in [2.75, 3.05) is 6.54 Å². The van der Waals surface area contributed by atoms with E-state index in [2.05, 4.69) is 26.1 Å². The molecule has 94 valence electrons. The van der Waals surface area contributed by atoms with Gasteiger partial charge in [0, 0.05) is 23.0 Å². The number of benzene rings is 1. The van der Waals surface area contributed by atoms with Crippen LogP contribution in [0.4, 0.5) is 0 Å². The van der Waals surface area contributed by atoms with Gasteiger partial charge in [0.1, 0.15) is 11.4 Å². The zero-order valence-electron chi connectivity index (χ0n) is 10.3. The lowest BCUT2D eigenvalue weighted by Crippen LogP contribution is -2.39. The van der Waals surface area contributed by atoms with Gasteiger partial charge in [-0.1, -0.05) is 30.1 Å². The van der Waals surface area contributed by atoms with E-state index in [-0.39, 0.29) is 11.6 Å². The van der Waals surface area contributed by atoms with Gasteiger partial charge in [-0.25, -0.2) is 0 Å². The van der Waals surface area contributed by atoms with Crippen LogP contribution in [0.25, 0.3) is 0 Å². The minimum Gasteiger partial charge on any atom is -0.486 e. The van der Waals surface area contributed by atoms with Crippen molar-refractivity contribution in [3.63, 3.8) is 0 Å². The largest absolute Gasteiger partial charge is 0.486 e. The summed E-state index contributed by atoms with van der Waals surface area (Å²) in [4.78, 5) is 0. The molecule has 0 aromatic heterocycles. The zero-order chi connectivity index (χ0) is 12.6. The molecule has 1 aromatic carbocycles. The lowest BCUT2D eigenvalue weighted by atomic mass is 9.89. The first-order chi connectivity index (χ1) is 7.94. The molecule has 1 N–H and O–H groups in total. The van der Waals surface area contributed by atoms with Gasteiger partial charge in [-0.3, -0.25) is 0 Å². The first kappa shape index (κ1) is 13.0. The molecule has 0 saturated carbocycles. The van der Waals surface area contributed by atoms with Gasteiger partial charge in [-0.15, -0.1) is 0 Å². The van der Waals surface area contributed by atoms with Gasteiger partial charge >= 0.3 is 0 Å². The summed E-state index contributed by atoms with van der Waals surface area (Å²) >= 11 is 12.5. The average molecular weight is 274 g/mol. The Hall–Kier alpha value is -0.440. The van der Waals surface area contributed by atoms with E-state index in [1.54, 1.807) is 6.07 Å². The number of fused-ring (bicyclic) bond motifs is 1. The minimum absolute atomic E-state index is 0.199. The second-order valence-electron chi connectivity index (χ2n) is 4.95. The molecule has 4 heteroatoms. The van der Waals surface area contributed by atoms with Crippen LogP contribution in [0.1, 0.15) is 38.8 Å². The van der Waals surface area contributed by atoms with Crippen molar-refractivity contribution < 1.29 is 4.74 Å². The summed E-state index contributed by atoms with van der Waals surface area (Å²) in [5, 5.41) is 4.78. The smallest absolute Gasteiger partial charge is 0.144 e. The molecule has 17 heavy (non-hydrogen) atoms. The van der Waals surface area contributed by atoms with E-state index in [0.29, 0.717) is 10.0 Å². The maximum Gasteiger partial charge on any atom is 0.144 e. The highest BCUT2D eigenvalue weighted by Gasteiger charge is 2.35. The fourth-order valence-electron chi connectivity index (χ4n) is 2.31. The fourth-order valence-corrected chi connectivity index (χ4v) is 2.79. The summed E-state index contributed by atoms with van der Waals surface area (Å²) in [6.45, 7) is 7.11. The van der Waals surface area contributed by atoms with Crippen LogP contribution in [0.3, 0.4) is 0 Å². The van der Waals surface area contributed by atoms with Crippen LogP contribution in [0.5, 0.6) is 5.75 Å². The Labute approximate surface area is 112 Å².